The van der Waals surface area contributed by atoms with Crippen LogP contribution < -0.4 is 0 Å². The molecular weight excluding hydrogens is 334 g/mol. The monoisotopic (exact) mass is 351 g/mol. The first-order chi connectivity index (χ1) is 12.0. The average molecular weight is 352 g/mol. The van der Waals surface area contributed by atoms with E-state index in [1.54, 1.807) is 0 Å². The molecule has 0 aliphatic heterocycles. The molecule has 25 heavy (non-hydrogen) atoms. The van der Waals surface area contributed by atoms with Crippen molar-refractivity contribution in [1.82, 2.24) is 14.7 Å². The summed E-state index contributed by atoms with van der Waals surface area (Å²) in [6.07, 6.45) is 2.05. The van der Waals surface area contributed by atoms with Gasteiger partial charge in [-0.3, -0.25) is 0 Å². The number of benzene rings is 2. The van der Waals surface area contributed by atoms with E-state index in [-0.39, 0.29) is 0 Å². The summed E-state index contributed by atoms with van der Waals surface area (Å²) in [5.41, 5.74) is 3.93. The molecule has 5 heteroatoms. The first-order valence-electron chi connectivity index (χ1n) is 8.25. The predicted octanol–water partition coefficient (Wildman–Crippen LogP) is 5.90. The highest BCUT2D eigenvalue weighted by atomic mass is 35.5. The normalized spacial score (nSPS) is 11.6. The fourth-order valence-corrected chi connectivity index (χ4v) is 3.41. The first kappa shape index (κ1) is 15.9. The summed E-state index contributed by atoms with van der Waals surface area (Å²) in [5.74, 6) is 1.06. The molecule has 0 bridgehead atoms. The quantitative estimate of drug-likeness (QED) is 0.461. The Morgan fingerprint density at radius 3 is 2.68 bits per heavy atom. The molecular formula is C20H18ClN3O. The molecule has 0 spiro atoms. The van der Waals surface area contributed by atoms with Crippen molar-refractivity contribution >= 4 is 22.5 Å². The van der Waals surface area contributed by atoms with Crippen molar-refractivity contribution in [3.63, 3.8) is 0 Å². The van der Waals surface area contributed by atoms with Crippen LogP contribution in [0.5, 0.6) is 0 Å². The Morgan fingerprint density at radius 2 is 1.92 bits per heavy atom. The third-order valence-electron chi connectivity index (χ3n) is 4.38. The molecule has 0 aliphatic rings. The lowest BCUT2D eigenvalue weighted by Crippen LogP contribution is -1.98. The number of hydrogen-bond donors (Lipinski definition) is 0. The Morgan fingerprint density at radius 1 is 1.12 bits per heavy atom. The molecule has 0 radical (unpaired) electrons. The van der Waals surface area contributed by atoms with Gasteiger partial charge in [0.2, 0.25) is 5.82 Å². The van der Waals surface area contributed by atoms with Gasteiger partial charge in [0.1, 0.15) is 0 Å². The minimum absolute atomic E-state index is 0.344. The Labute approximate surface area is 151 Å². The highest BCUT2D eigenvalue weighted by Gasteiger charge is 2.16. The first-order valence-corrected chi connectivity index (χ1v) is 8.62. The van der Waals surface area contributed by atoms with E-state index < -0.39 is 0 Å². The van der Waals surface area contributed by atoms with Crippen molar-refractivity contribution in [2.24, 2.45) is 0 Å². The molecule has 0 N–H and O–H groups in total. The number of aryl methyl sites for hydroxylation is 1. The summed E-state index contributed by atoms with van der Waals surface area (Å²) in [7, 11) is 0. The second-order valence-electron chi connectivity index (χ2n) is 6.45. The van der Waals surface area contributed by atoms with E-state index in [1.807, 2.05) is 43.3 Å². The zero-order valence-corrected chi connectivity index (χ0v) is 15.1. The molecule has 0 aliphatic carbocycles. The van der Waals surface area contributed by atoms with Crippen LogP contribution in [-0.2, 0) is 0 Å². The van der Waals surface area contributed by atoms with E-state index in [0.29, 0.717) is 22.8 Å². The molecule has 0 saturated heterocycles. The minimum atomic E-state index is 0.344. The van der Waals surface area contributed by atoms with Gasteiger partial charge in [-0.05, 0) is 44.5 Å². The topological polar surface area (TPSA) is 43.9 Å². The van der Waals surface area contributed by atoms with Crippen LogP contribution in [0.25, 0.3) is 33.7 Å². The Kier molecular flexibility index (Phi) is 3.85. The second-order valence-corrected chi connectivity index (χ2v) is 6.86. The van der Waals surface area contributed by atoms with Gasteiger partial charge >= 0.3 is 0 Å². The van der Waals surface area contributed by atoms with Crippen LogP contribution in [0.2, 0.25) is 5.02 Å². The summed E-state index contributed by atoms with van der Waals surface area (Å²) in [5, 5.41) is 5.88. The summed E-state index contributed by atoms with van der Waals surface area (Å²) in [6.45, 7) is 6.30. The Balaban J connectivity index is 1.80. The summed E-state index contributed by atoms with van der Waals surface area (Å²) in [6, 6.07) is 14.3. The van der Waals surface area contributed by atoms with Gasteiger partial charge < -0.3 is 9.09 Å². The van der Waals surface area contributed by atoms with Crippen LogP contribution in [0, 0.1) is 6.92 Å². The highest BCUT2D eigenvalue weighted by molar-refractivity contribution is 6.35. The maximum atomic E-state index is 6.54. The molecule has 4 nitrogen and oxygen atoms in total. The third kappa shape index (κ3) is 2.72. The van der Waals surface area contributed by atoms with E-state index in [9.17, 15) is 0 Å². The van der Waals surface area contributed by atoms with Crippen molar-refractivity contribution in [2.75, 3.05) is 0 Å². The number of fused-ring (bicyclic) bond motifs is 1. The molecule has 0 unspecified atom stereocenters. The maximum absolute atomic E-state index is 6.54. The SMILES string of the molecule is Cc1ccccc1-c1noc(-c2cc(Cl)c3c(ccn3C(C)C)c2)n1. The van der Waals surface area contributed by atoms with Gasteiger partial charge in [0, 0.05) is 28.8 Å². The largest absolute Gasteiger partial charge is 0.344 e. The number of nitrogens with zero attached hydrogens (tertiary/aromatic N) is 3. The van der Waals surface area contributed by atoms with Crippen molar-refractivity contribution < 1.29 is 4.52 Å². The van der Waals surface area contributed by atoms with Crippen LogP contribution in [0.4, 0.5) is 0 Å². The van der Waals surface area contributed by atoms with Gasteiger partial charge in [0.05, 0.1) is 10.5 Å². The zero-order valence-electron chi connectivity index (χ0n) is 14.3. The van der Waals surface area contributed by atoms with Crippen LogP contribution in [0.15, 0.2) is 53.2 Å². The second kappa shape index (κ2) is 6.05. The van der Waals surface area contributed by atoms with E-state index in [0.717, 1.165) is 27.6 Å². The molecule has 2 heterocycles. The van der Waals surface area contributed by atoms with Crippen LogP contribution in [0.1, 0.15) is 25.5 Å². The number of rotatable bonds is 3. The van der Waals surface area contributed by atoms with Gasteiger partial charge in [-0.2, -0.15) is 4.98 Å². The van der Waals surface area contributed by atoms with Gasteiger partial charge in [-0.25, -0.2) is 0 Å². The van der Waals surface area contributed by atoms with Crippen molar-refractivity contribution in [3.8, 4) is 22.8 Å². The van der Waals surface area contributed by atoms with Crippen LogP contribution >= 0.6 is 11.6 Å². The summed E-state index contributed by atoms with van der Waals surface area (Å²) in [4.78, 5) is 4.56. The van der Waals surface area contributed by atoms with Gasteiger partial charge in [-0.1, -0.05) is 41.0 Å². The summed E-state index contributed by atoms with van der Waals surface area (Å²) < 4.78 is 7.65. The molecule has 2 aromatic heterocycles. The van der Waals surface area contributed by atoms with Crippen LogP contribution in [-0.4, -0.2) is 14.7 Å². The van der Waals surface area contributed by atoms with Gasteiger partial charge in [0.25, 0.3) is 5.89 Å². The van der Waals surface area contributed by atoms with Crippen LogP contribution in [0.3, 0.4) is 0 Å². The summed E-state index contributed by atoms with van der Waals surface area (Å²) >= 11 is 6.54. The molecule has 0 fully saturated rings. The Bertz CT molecular complexity index is 1060. The Hall–Kier alpha value is -2.59. The maximum Gasteiger partial charge on any atom is 0.258 e. The number of hydrogen-bond acceptors (Lipinski definition) is 3. The molecule has 126 valence electrons. The third-order valence-corrected chi connectivity index (χ3v) is 4.67. The molecule has 0 amide bonds. The lowest BCUT2D eigenvalue weighted by atomic mass is 10.1. The fourth-order valence-electron chi connectivity index (χ4n) is 3.08. The predicted molar refractivity (Wildman–Crippen MR) is 101 cm³/mol. The van der Waals surface area contributed by atoms with E-state index in [1.165, 1.54) is 0 Å². The average Bonchev–Trinajstić information content (AvgIpc) is 3.22. The van der Waals surface area contributed by atoms with Crippen molar-refractivity contribution in [3.05, 3.63) is 59.2 Å². The number of halogens is 1. The minimum Gasteiger partial charge on any atom is -0.344 e. The molecule has 0 atom stereocenters. The standard InChI is InChI=1S/C20H18ClN3O/c1-12(2)24-9-8-14-10-15(11-17(21)18(14)24)20-22-19(23-25-20)16-7-5-4-6-13(16)3/h4-12H,1-3H3. The van der Waals surface area contributed by atoms with Gasteiger partial charge in [-0.15, -0.1) is 0 Å². The zero-order chi connectivity index (χ0) is 17.6. The van der Waals surface area contributed by atoms with Crippen molar-refractivity contribution in [2.45, 2.75) is 26.8 Å². The lowest BCUT2D eigenvalue weighted by Gasteiger charge is -2.10. The lowest BCUT2D eigenvalue weighted by molar-refractivity contribution is 0.432. The molecule has 4 rings (SSSR count). The van der Waals surface area contributed by atoms with E-state index in [2.05, 4.69) is 40.8 Å². The molecule has 4 aromatic rings. The van der Waals surface area contributed by atoms with Gasteiger partial charge in [0.15, 0.2) is 0 Å². The van der Waals surface area contributed by atoms with E-state index >= 15 is 0 Å². The smallest absolute Gasteiger partial charge is 0.258 e. The highest BCUT2D eigenvalue weighted by Crippen LogP contribution is 2.33. The molecule has 2 aromatic carbocycles. The van der Waals surface area contributed by atoms with E-state index in [4.69, 9.17) is 16.1 Å². The number of aromatic nitrogens is 3. The fraction of sp³-hybridized carbons (Fsp3) is 0.200. The van der Waals surface area contributed by atoms with Crippen molar-refractivity contribution in [1.29, 1.82) is 0 Å². The molecule has 0 saturated carbocycles.